The molecule has 1 unspecified atom stereocenters. The van der Waals surface area contributed by atoms with E-state index in [1.807, 2.05) is 62.1 Å². The summed E-state index contributed by atoms with van der Waals surface area (Å²) < 4.78 is 30.7. The number of carboxylic acid groups (broad SMARTS) is 1. The van der Waals surface area contributed by atoms with Crippen LogP contribution in [0.4, 0.5) is 10.1 Å². The van der Waals surface area contributed by atoms with Crippen molar-refractivity contribution in [3.8, 4) is 11.5 Å². The molecular formula is C35H41FN2O6. The smallest absolute Gasteiger partial charge is 0.309 e. The average Bonchev–Trinajstić information content (AvgIpc) is 3.64. The summed E-state index contributed by atoms with van der Waals surface area (Å²) in [7, 11) is 1.68. The number of halogens is 1. The molecule has 0 aliphatic carbocycles. The van der Waals surface area contributed by atoms with Crippen molar-refractivity contribution in [2.75, 3.05) is 38.9 Å². The predicted octanol–water partition coefficient (Wildman–Crippen LogP) is 6.05. The van der Waals surface area contributed by atoms with Crippen molar-refractivity contribution >= 4 is 17.6 Å². The maximum Gasteiger partial charge on any atom is 0.309 e. The van der Waals surface area contributed by atoms with E-state index in [0.717, 1.165) is 46.2 Å². The number of fused-ring (bicyclic) bond motifs is 1. The number of rotatable bonds is 12. The summed E-state index contributed by atoms with van der Waals surface area (Å²) in [4.78, 5) is 28.7. The third-order valence-electron chi connectivity index (χ3n) is 8.89. The van der Waals surface area contributed by atoms with Gasteiger partial charge in [-0.2, -0.15) is 0 Å². The lowest BCUT2D eigenvalue weighted by atomic mass is 9.81. The maximum atomic E-state index is 14.2. The minimum atomic E-state index is -0.927. The first-order chi connectivity index (χ1) is 21.2. The van der Waals surface area contributed by atoms with Crippen molar-refractivity contribution in [3.63, 3.8) is 0 Å². The second kappa shape index (κ2) is 13.8. The molecule has 0 aromatic heterocycles. The Morgan fingerprint density at radius 3 is 2.41 bits per heavy atom. The molecule has 3 aromatic rings. The first-order valence-electron chi connectivity index (χ1n) is 15.3. The number of carbonyl (C=O) groups excluding carboxylic acids is 1. The van der Waals surface area contributed by atoms with Gasteiger partial charge < -0.3 is 24.6 Å². The summed E-state index contributed by atoms with van der Waals surface area (Å²) in [6, 6.07) is 14.1. The highest BCUT2D eigenvalue weighted by molar-refractivity contribution is 5.94. The molecule has 8 nitrogen and oxygen atoms in total. The molecule has 0 bridgehead atoms. The van der Waals surface area contributed by atoms with Crippen molar-refractivity contribution < 1.29 is 33.3 Å². The zero-order valence-corrected chi connectivity index (χ0v) is 25.8. The van der Waals surface area contributed by atoms with Crippen LogP contribution in [0.2, 0.25) is 0 Å². The summed E-state index contributed by atoms with van der Waals surface area (Å²) in [5.74, 6) is -1.46. The Morgan fingerprint density at radius 1 is 1.07 bits per heavy atom. The maximum absolute atomic E-state index is 14.2. The number of carboxylic acids is 1. The van der Waals surface area contributed by atoms with Crippen molar-refractivity contribution in [1.29, 1.82) is 0 Å². The molecule has 0 radical (unpaired) electrons. The van der Waals surface area contributed by atoms with E-state index in [2.05, 4.69) is 5.32 Å². The second-order valence-electron chi connectivity index (χ2n) is 11.6. The third-order valence-corrected chi connectivity index (χ3v) is 8.89. The van der Waals surface area contributed by atoms with Crippen LogP contribution in [0.3, 0.4) is 0 Å². The molecule has 3 atom stereocenters. The lowest BCUT2D eigenvalue weighted by Gasteiger charge is -2.27. The molecule has 1 amide bonds. The van der Waals surface area contributed by atoms with E-state index < -0.39 is 23.8 Å². The average molecular weight is 605 g/mol. The zero-order chi connectivity index (χ0) is 31.4. The van der Waals surface area contributed by atoms with Gasteiger partial charge in [0.15, 0.2) is 11.5 Å². The Bertz CT molecular complexity index is 1480. The zero-order valence-electron chi connectivity index (χ0n) is 25.8. The van der Waals surface area contributed by atoms with Crippen LogP contribution < -0.4 is 14.8 Å². The summed E-state index contributed by atoms with van der Waals surface area (Å²) in [6.45, 7) is 6.90. The number of ether oxygens (including phenoxy) is 3. The minimum Gasteiger partial charge on any atom is -0.481 e. The van der Waals surface area contributed by atoms with E-state index in [1.54, 1.807) is 7.11 Å². The van der Waals surface area contributed by atoms with Gasteiger partial charge in [-0.25, -0.2) is 4.39 Å². The number of anilines is 1. The fourth-order valence-electron chi connectivity index (χ4n) is 6.74. The Hall–Kier alpha value is -3.95. The van der Waals surface area contributed by atoms with Crippen LogP contribution in [0.5, 0.6) is 11.5 Å². The SMILES string of the molecule is CCc1cc(F)cc(CC)c1NC(=O)CN1C[C@H](c2ccc3c(c2C)OCO3)C(C(=O)O)[C@@H]1c1ccc(CCCOC)cc1. The molecule has 0 spiro atoms. The van der Waals surface area contributed by atoms with Gasteiger partial charge in [-0.1, -0.05) is 44.2 Å². The molecule has 2 aliphatic heterocycles. The minimum absolute atomic E-state index is 0.0200. The van der Waals surface area contributed by atoms with Crippen molar-refractivity contribution in [2.24, 2.45) is 5.92 Å². The Morgan fingerprint density at radius 2 is 1.77 bits per heavy atom. The van der Waals surface area contributed by atoms with Crippen LogP contribution in [0, 0.1) is 18.7 Å². The molecule has 0 saturated carbocycles. The van der Waals surface area contributed by atoms with Gasteiger partial charge in [0.25, 0.3) is 0 Å². The molecule has 1 saturated heterocycles. The number of methoxy groups -OCH3 is 1. The molecule has 2 N–H and O–H groups in total. The Balaban J connectivity index is 1.49. The number of nitrogens with zero attached hydrogens (tertiary/aromatic N) is 1. The lowest BCUT2D eigenvalue weighted by Crippen LogP contribution is -2.35. The Kier molecular flexibility index (Phi) is 9.86. The van der Waals surface area contributed by atoms with Gasteiger partial charge in [0.05, 0.1) is 12.5 Å². The van der Waals surface area contributed by atoms with Crippen LogP contribution in [0.15, 0.2) is 48.5 Å². The standard InChI is InChI=1S/C35H41FN2O6/c1-5-23-16-26(36)17-24(6-2)32(23)37-30(39)19-38-18-28(27-13-14-29-34(21(27)3)44-20-43-29)31(35(40)41)33(38)25-11-9-22(10-12-25)8-7-15-42-4/h9-14,16-17,28,31,33H,5-8,15,18-20H2,1-4H3,(H,37,39)(H,40,41)/t28-,31?,33+/m1/s1. The molecule has 2 heterocycles. The highest BCUT2D eigenvalue weighted by Gasteiger charge is 2.48. The second-order valence-corrected chi connectivity index (χ2v) is 11.6. The normalized spacial score (nSPS) is 19.3. The molecule has 1 fully saturated rings. The van der Waals surface area contributed by atoms with Crippen LogP contribution in [0.25, 0.3) is 0 Å². The number of carbonyl (C=O) groups is 2. The lowest BCUT2D eigenvalue weighted by molar-refractivity contribution is -0.143. The van der Waals surface area contributed by atoms with E-state index in [9.17, 15) is 19.1 Å². The number of benzene rings is 3. The highest BCUT2D eigenvalue weighted by Crippen LogP contribution is 2.49. The van der Waals surface area contributed by atoms with Gasteiger partial charge in [-0.05, 0) is 84.2 Å². The molecule has 5 rings (SSSR count). The van der Waals surface area contributed by atoms with Gasteiger partial charge >= 0.3 is 5.97 Å². The molecule has 44 heavy (non-hydrogen) atoms. The fourth-order valence-corrected chi connectivity index (χ4v) is 6.74. The first kappa shape index (κ1) is 31.5. The summed E-state index contributed by atoms with van der Waals surface area (Å²) in [5.41, 5.74) is 5.79. The number of aryl methyl sites for hydroxylation is 3. The molecule has 2 aliphatic rings. The molecular weight excluding hydrogens is 563 g/mol. The van der Waals surface area contributed by atoms with Crippen molar-refractivity contribution in [1.82, 2.24) is 4.90 Å². The van der Waals surface area contributed by atoms with Gasteiger partial charge in [-0.15, -0.1) is 0 Å². The van der Waals surface area contributed by atoms with Crippen molar-refractivity contribution in [3.05, 3.63) is 87.7 Å². The number of hydrogen-bond donors (Lipinski definition) is 2. The van der Waals surface area contributed by atoms with E-state index >= 15 is 0 Å². The number of aliphatic carboxylic acids is 1. The van der Waals surface area contributed by atoms with Gasteiger partial charge in [0.2, 0.25) is 12.7 Å². The van der Waals surface area contributed by atoms with Crippen LogP contribution in [-0.4, -0.2) is 55.5 Å². The van der Waals surface area contributed by atoms with Crippen molar-refractivity contribution in [2.45, 2.75) is 58.4 Å². The van der Waals surface area contributed by atoms with E-state index in [-0.39, 0.29) is 25.1 Å². The van der Waals surface area contributed by atoms with E-state index in [1.165, 1.54) is 12.1 Å². The van der Waals surface area contributed by atoms with E-state index in [0.29, 0.717) is 43.2 Å². The summed E-state index contributed by atoms with van der Waals surface area (Å²) >= 11 is 0. The number of amides is 1. The van der Waals surface area contributed by atoms with Crippen LogP contribution in [-0.2, 0) is 33.6 Å². The number of hydrogen-bond acceptors (Lipinski definition) is 6. The first-order valence-corrected chi connectivity index (χ1v) is 15.3. The van der Waals surface area contributed by atoms with Crippen LogP contribution >= 0.6 is 0 Å². The fraction of sp³-hybridized carbons (Fsp3) is 0.429. The predicted molar refractivity (Wildman–Crippen MR) is 166 cm³/mol. The Labute approximate surface area is 258 Å². The number of nitrogens with one attached hydrogen (secondary N) is 1. The van der Waals surface area contributed by atoms with Gasteiger partial charge in [0.1, 0.15) is 5.82 Å². The molecule has 9 heteroatoms. The monoisotopic (exact) mass is 604 g/mol. The number of likely N-dealkylation sites (tertiary alicyclic amines) is 1. The van der Waals surface area contributed by atoms with Gasteiger partial charge in [-0.3, -0.25) is 14.5 Å². The third kappa shape index (κ3) is 6.44. The topological polar surface area (TPSA) is 97.3 Å². The molecule has 234 valence electrons. The molecule has 3 aromatic carbocycles. The van der Waals surface area contributed by atoms with Gasteiger partial charge in [0, 0.05) is 37.9 Å². The summed E-state index contributed by atoms with van der Waals surface area (Å²) in [5, 5.41) is 13.7. The largest absolute Gasteiger partial charge is 0.481 e. The quantitative estimate of drug-likeness (QED) is 0.243. The highest BCUT2D eigenvalue weighted by atomic mass is 19.1. The van der Waals surface area contributed by atoms with Crippen LogP contribution in [0.1, 0.15) is 65.6 Å². The van der Waals surface area contributed by atoms with E-state index in [4.69, 9.17) is 14.2 Å². The summed E-state index contributed by atoms with van der Waals surface area (Å²) in [6.07, 6.45) is 2.87.